The Hall–Kier alpha value is -2.35. The molecule has 2 saturated heterocycles. The first-order valence-electron chi connectivity index (χ1n) is 11.8. The Kier molecular flexibility index (Phi) is 6.20. The second-order valence-electron chi connectivity index (χ2n) is 9.60. The lowest BCUT2D eigenvalue weighted by atomic mass is 10.0. The smallest absolute Gasteiger partial charge is 0.243 e. The number of amides is 2. The van der Waals surface area contributed by atoms with Gasteiger partial charge >= 0.3 is 0 Å². The van der Waals surface area contributed by atoms with Gasteiger partial charge in [0.15, 0.2) is 0 Å². The third-order valence-electron chi connectivity index (χ3n) is 7.23. The van der Waals surface area contributed by atoms with Crippen LogP contribution in [0.2, 0.25) is 0 Å². The molecule has 0 radical (unpaired) electrons. The molecule has 0 bridgehead atoms. The summed E-state index contributed by atoms with van der Waals surface area (Å²) < 4.78 is 0. The van der Waals surface area contributed by atoms with Crippen molar-refractivity contribution in [1.82, 2.24) is 15.1 Å². The van der Waals surface area contributed by atoms with Crippen LogP contribution < -0.4 is 10.2 Å². The van der Waals surface area contributed by atoms with Crippen molar-refractivity contribution in [2.75, 3.05) is 31.1 Å². The SMILES string of the molecule is Cc1ccc(N2CCN(Cc3ccc4c(c3)CN(C3CCC(=O)NC3=O)C4S)CC2)c(C)c1. The number of anilines is 1. The van der Waals surface area contributed by atoms with Crippen LogP contribution in [0.3, 0.4) is 0 Å². The van der Waals surface area contributed by atoms with Crippen molar-refractivity contribution in [3.8, 4) is 0 Å². The van der Waals surface area contributed by atoms with E-state index in [1.807, 2.05) is 0 Å². The molecule has 2 unspecified atom stereocenters. The van der Waals surface area contributed by atoms with Gasteiger partial charge in [0.25, 0.3) is 0 Å². The number of piperidine rings is 1. The fourth-order valence-electron chi connectivity index (χ4n) is 5.45. The van der Waals surface area contributed by atoms with Crippen molar-refractivity contribution in [1.29, 1.82) is 0 Å². The highest BCUT2D eigenvalue weighted by Crippen LogP contribution is 2.39. The fraction of sp³-hybridized carbons (Fsp3) is 0.462. The van der Waals surface area contributed by atoms with Gasteiger partial charge in [-0.1, -0.05) is 35.9 Å². The number of imide groups is 1. The molecular weight excluding hydrogens is 432 g/mol. The molecule has 2 aromatic carbocycles. The van der Waals surface area contributed by atoms with E-state index in [-0.39, 0.29) is 23.2 Å². The van der Waals surface area contributed by atoms with Crippen molar-refractivity contribution in [2.45, 2.75) is 51.2 Å². The number of nitrogens with one attached hydrogen (secondary N) is 1. The molecule has 3 heterocycles. The van der Waals surface area contributed by atoms with E-state index in [4.69, 9.17) is 12.6 Å². The number of hydrogen-bond donors (Lipinski definition) is 2. The number of rotatable bonds is 4. The molecule has 3 aliphatic heterocycles. The van der Waals surface area contributed by atoms with Crippen LogP contribution in [0.1, 0.15) is 46.0 Å². The van der Waals surface area contributed by atoms with E-state index in [1.165, 1.54) is 33.5 Å². The van der Waals surface area contributed by atoms with Gasteiger partial charge in [-0.2, -0.15) is 12.6 Å². The minimum absolute atomic E-state index is 0.112. The zero-order valence-electron chi connectivity index (χ0n) is 19.4. The molecule has 0 saturated carbocycles. The number of benzene rings is 2. The number of carbonyl (C=O) groups is 2. The second kappa shape index (κ2) is 9.12. The van der Waals surface area contributed by atoms with Gasteiger partial charge < -0.3 is 4.90 Å². The number of piperazine rings is 1. The zero-order valence-corrected chi connectivity index (χ0v) is 20.3. The lowest BCUT2D eigenvalue weighted by Gasteiger charge is -2.37. The van der Waals surface area contributed by atoms with Gasteiger partial charge in [-0.3, -0.25) is 24.7 Å². The summed E-state index contributed by atoms with van der Waals surface area (Å²) in [5.74, 6) is -0.372. The maximum Gasteiger partial charge on any atom is 0.243 e. The van der Waals surface area contributed by atoms with Crippen molar-refractivity contribution in [3.05, 3.63) is 64.2 Å². The third-order valence-corrected chi connectivity index (χ3v) is 7.81. The van der Waals surface area contributed by atoms with Crippen LogP contribution in [-0.2, 0) is 22.7 Å². The second-order valence-corrected chi connectivity index (χ2v) is 10.1. The molecule has 33 heavy (non-hydrogen) atoms. The first-order chi connectivity index (χ1) is 15.9. The molecule has 2 atom stereocenters. The van der Waals surface area contributed by atoms with Crippen molar-refractivity contribution < 1.29 is 9.59 Å². The van der Waals surface area contributed by atoms with Gasteiger partial charge in [0.05, 0.1) is 11.4 Å². The van der Waals surface area contributed by atoms with Gasteiger partial charge in [-0.25, -0.2) is 0 Å². The summed E-state index contributed by atoms with van der Waals surface area (Å²) in [7, 11) is 0. The van der Waals surface area contributed by atoms with Crippen LogP contribution in [0.15, 0.2) is 36.4 Å². The normalized spacial score (nSPS) is 24.2. The Morgan fingerprint density at radius 2 is 1.82 bits per heavy atom. The molecule has 7 heteroatoms. The van der Waals surface area contributed by atoms with Crippen molar-refractivity contribution in [2.24, 2.45) is 0 Å². The molecule has 0 spiro atoms. The standard InChI is InChI=1S/C26H32N4O2S/c1-17-3-6-22(18(2)13-17)29-11-9-28(10-12-29)15-19-4-5-21-20(14-19)16-30(26(21)33)23-7-8-24(31)27-25(23)32/h3-6,13-14,23,26,33H,7-12,15-16H2,1-2H3,(H,27,31,32). The Morgan fingerprint density at radius 3 is 2.55 bits per heavy atom. The predicted octanol–water partition coefficient (Wildman–Crippen LogP) is 3.17. The maximum atomic E-state index is 12.4. The molecule has 5 rings (SSSR count). The topological polar surface area (TPSA) is 55.9 Å². The van der Waals surface area contributed by atoms with Crippen LogP contribution in [0.5, 0.6) is 0 Å². The van der Waals surface area contributed by atoms with E-state index in [9.17, 15) is 9.59 Å². The number of hydrogen-bond acceptors (Lipinski definition) is 6. The summed E-state index contributed by atoms with van der Waals surface area (Å²) in [6, 6.07) is 13.1. The summed E-state index contributed by atoms with van der Waals surface area (Å²) in [5, 5.41) is 2.36. The van der Waals surface area contributed by atoms with Gasteiger partial charge in [0.2, 0.25) is 11.8 Å². The van der Waals surface area contributed by atoms with E-state index in [1.54, 1.807) is 0 Å². The van der Waals surface area contributed by atoms with Gasteiger partial charge in [-0.15, -0.1) is 0 Å². The minimum Gasteiger partial charge on any atom is -0.369 e. The van der Waals surface area contributed by atoms with E-state index in [0.717, 1.165) is 32.7 Å². The van der Waals surface area contributed by atoms with Crippen LogP contribution in [0.4, 0.5) is 5.69 Å². The first kappa shape index (κ1) is 22.4. The lowest BCUT2D eigenvalue weighted by Crippen LogP contribution is -2.51. The molecule has 2 fully saturated rings. The highest BCUT2D eigenvalue weighted by atomic mass is 32.1. The predicted molar refractivity (Wildman–Crippen MR) is 133 cm³/mol. The van der Waals surface area contributed by atoms with Crippen molar-refractivity contribution in [3.63, 3.8) is 0 Å². The lowest BCUT2D eigenvalue weighted by molar-refractivity contribution is -0.137. The number of thiol groups is 1. The van der Waals surface area contributed by atoms with Crippen LogP contribution in [-0.4, -0.2) is 53.8 Å². The maximum absolute atomic E-state index is 12.4. The first-order valence-corrected chi connectivity index (χ1v) is 12.3. The highest BCUT2D eigenvalue weighted by Gasteiger charge is 2.39. The Labute approximate surface area is 201 Å². The van der Waals surface area contributed by atoms with Gasteiger partial charge in [0, 0.05) is 51.4 Å². The number of aryl methyl sites for hydroxylation is 2. The Bertz CT molecular complexity index is 1080. The molecular formula is C26H32N4O2S. The summed E-state index contributed by atoms with van der Waals surface area (Å²) in [6.45, 7) is 10.1. The average molecular weight is 465 g/mol. The zero-order chi connectivity index (χ0) is 23.1. The third kappa shape index (κ3) is 4.54. The molecule has 2 amide bonds. The summed E-state index contributed by atoms with van der Waals surface area (Å²) in [5.41, 5.74) is 7.73. The molecule has 0 aliphatic carbocycles. The molecule has 3 aliphatic rings. The minimum atomic E-state index is -0.292. The fourth-order valence-corrected chi connectivity index (χ4v) is 5.95. The number of carbonyl (C=O) groups excluding carboxylic acids is 2. The van der Waals surface area contributed by atoms with E-state index in [2.05, 4.69) is 70.3 Å². The number of nitrogens with zero attached hydrogens (tertiary/aromatic N) is 3. The average Bonchev–Trinajstić information content (AvgIpc) is 3.10. The summed E-state index contributed by atoms with van der Waals surface area (Å²) >= 11 is 4.81. The van der Waals surface area contributed by atoms with Gasteiger partial charge in [-0.05, 0) is 48.6 Å². The van der Waals surface area contributed by atoms with E-state index >= 15 is 0 Å². The quantitative estimate of drug-likeness (QED) is 0.538. The van der Waals surface area contributed by atoms with Crippen LogP contribution in [0, 0.1) is 13.8 Å². The molecule has 174 valence electrons. The Morgan fingerprint density at radius 1 is 1.03 bits per heavy atom. The van der Waals surface area contributed by atoms with E-state index < -0.39 is 0 Å². The summed E-state index contributed by atoms with van der Waals surface area (Å²) in [6.07, 6.45) is 0.955. The van der Waals surface area contributed by atoms with Gasteiger partial charge in [0.1, 0.15) is 0 Å². The molecule has 2 aromatic rings. The van der Waals surface area contributed by atoms with Crippen LogP contribution >= 0.6 is 12.6 Å². The van der Waals surface area contributed by atoms with Crippen molar-refractivity contribution >= 4 is 30.1 Å². The van der Waals surface area contributed by atoms with E-state index in [0.29, 0.717) is 19.4 Å². The highest BCUT2D eigenvalue weighted by molar-refractivity contribution is 7.80. The Balaban J connectivity index is 1.21. The molecule has 6 nitrogen and oxygen atoms in total. The molecule has 0 aromatic heterocycles. The summed E-state index contributed by atoms with van der Waals surface area (Å²) in [4.78, 5) is 31.0. The molecule has 1 N–H and O–H groups in total. The number of fused-ring (bicyclic) bond motifs is 1. The van der Waals surface area contributed by atoms with Crippen LogP contribution in [0.25, 0.3) is 0 Å². The largest absolute Gasteiger partial charge is 0.369 e. The monoisotopic (exact) mass is 464 g/mol.